The molecule has 0 spiro atoms. The molecule has 0 bridgehead atoms. The predicted molar refractivity (Wildman–Crippen MR) is 172 cm³/mol. The van der Waals surface area contributed by atoms with Gasteiger partial charge in [0.25, 0.3) is 6.20 Å². The van der Waals surface area contributed by atoms with Crippen LogP contribution >= 0.6 is 0 Å². The minimum Gasteiger partial charge on any atom is -0.457 e. The third kappa shape index (κ3) is 5.79. The molecular formula is C38H28N4O2+2. The van der Waals surface area contributed by atoms with Crippen molar-refractivity contribution >= 4 is 11.7 Å². The van der Waals surface area contributed by atoms with E-state index < -0.39 is 0 Å². The summed E-state index contributed by atoms with van der Waals surface area (Å²) in [7, 11) is 1.94. The van der Waals surface area contributed by atoms with Crippen molar-refractivity contribution in [3.8, 4) is 56.5 Å². The zero-order valence-electron chi connectivity index (χ0n) is 24.0. The van der Waals surface area contributed by atoms with E-state index in [1.807, 2.05) is 138 Å². The van der Waals surface area contributed by atoms with Crippen molar-refractivity contribution in [1.82, 2.24) is 9.97 Å². The summed E-state index contributed by atoms with van der Waals surface area (Å²) in [5.74, 6) is 2.99. The van der Waals surface area contributed by atoms with Gasteiger partial charge < -0.3 is 9.47 Å². The highest BCUT2D eigenvalue weighted by Crippen LogP contribution is 2.40. The molecule has 44 heavy (non-hydrogen) atoms. The summed E-state index contributed by atoms with van der Waals surface area (Å²) >= 11 is 0. The molecule has 2 aromatic heterocycles. The van der Waals surface area contributed by atoms with E-state index >= 15 is 0 Å². The van der Waals surface area contributed by atoms with Crippen LogP contribution in [0.4, 0.5) is 5.69 Å². The van der Waals surface area contributed by atoms with E-state index in [0.29, 0.717) is 5.75 Å². The maximum atomic E-state index is 6.35. The SMILES string of the molecule is C[N+]1=C=[N+](c2cccc(Oc3cccc(-c4nccc(-c5cccc(Oc6ccccc6)c5)c4-c4cccnc4)c3)c2)C=C1. The smallest absolute Gasteiger partial charge is 0.457 e. The molecular weight excluding hydrogens is 544 g/mol. The Balaban J connectivity index is 1.27. The summed E-state index contributed by atoms with van der Waals surface area (Å²) < 4.78 is 16.3. The second-order valence-corrected chi connectivity index (χ2v) is 10.3. The van der Waals surface area contributed by atoms with E-state index in [2.05, 4.69) is 35.3 Å². The quantitative estimate of drug-likeness (QED) is 0.171. The van der Waals surface area contributed by atoms with Gasteiger partial charge in [-0.3, -0.25) is 9.97 Å². The average molecular weight is 573 g/mol. The number of hydrogen-bond acceptors (Lipinski definition) is 4. The number of para-hydroxylation sites is 1. The monoisotopic (exact) mass is 572 g/mol. The topological polar surface area (TPSA) is 50.3 Å². The maximum Gasteiger partial charge on any atom is 0.495 e. The van der Waals surface area contributed by atoms with Gasteiger partial charge in [-0.25, -0.2) is 0 Å². The molecule has 0 saturated carbocycles. The molecule has 210 valence electrons. The highest BCUT2D eigenvalue weighted by atomic mass is 16.5. The van der Waals surface area contributed by atoms with Gasteiger partial charge in [-0.2, -0.15) is 0 Å². The molecule has 0 fully saturated rings. The van der Waals surface area contributed by atoms with Gasteiger partial charge in [-0.15, -0.1) is 0 Å². The first-order valence-electron chi connectivity index (χ1n) is 14.3. The normalized spacial score (nSPS) is 12.0. The zero-order valence-corrected chi connectivity index (χ0v) is 24.0. The van der Waals surface area contributed by atoms with Crippen LogP contribution in [0.2, 0.25) is 0 Å². The predicted octanol–water partition coefficient (Wildman–Crippen LogP) is 9.01. The van der Waals surface area contributed by atoms with Crippen LogP contribution in [0, 0.1) is 0 Å². The Hall–Kier alpha value is -6.10. The van der Waals surface area contributed by atoms with Crippen molar-refractivity contribution in [1.29, 1.82) is 0 Å². The molecule has 0 aliphatic carbocycles. The molecule has 4 aromatic carbocycles. The van der Waals surface area contributed by atoms with Crippen LogP contribution in [-0.2, 0) is 0 Å². The first kappa shape index (κ1) is 26.8. The van der Waals surface area contributed by atoms with Crippen LogP contribution in [0.3, 0.4) is 0 Å². The van der Waals surface area contributed by atoms with Crippen LogP contribution < -0.4 is 9.47 Å². The number of pyridine rings is 2. The molecule has 6 heteroatoms. The van der Waals surface area contributed by atoms with Gasteiger partial charge in [0.2, 0.25) is 11.9 Å². The lowest BCUT2D eigenvalue weighted by Crippen LogP contribution is -1.95. The Morgan fingerprint density at radius 3 is 2.02 bits per heavy atom. The molecule has 0 radical (unpaired) electrons. The van der Waals surface area contributed by atoms with Crippen molar-refractivity contribution in [2.45, 2.75) is 0 Å². The lowest BCUT2D eigenvalue weighted by atomic mass is 9.92. The van der Waals surface area contributed by atoms with E-state index in [-0.39, 0.29) is 0 Å². The van der Waals surface area contributed by atoms with Crippen molar-refractivity contribution in [3.63, 3.8) is 0 Å². The highest BCUT2D eigenvalue weighted by molar-refractivity contribution is 5.92. The molecule has 0 N–H and O–H groups in total. The van der Waals surface area contributed by atoms with E-state index in [0.717, 1.165) is 56.4 Å². The van der Waals surface area contributed by atoms with E-state index in [1.54, 1.807) is 6.20 Å². The summed E-state index contributed by atoms with van der Waals surface area (Å²) in [6, 6.07) is 43.1. The fourth-order valence-electron chi connectivity index (χ4n) is 5.16. The number of benzene rings is 4. The molecule has 0 atom stereocenters. The number of aromatic nitrogens is 2. The number of ether oxygens (including phenoxy) is 2. The van der Waals surface area contributed by atoms with Gasteiger partial charge in [-0.1, -0.05) is 63.7 Å². The van der Waals surface area contributed by atoms with Crippen LogP contribution in [0.25, 0.3) is 33.5 Å². The molecule has 0 saturated heterocycles. The first-order chi connectivity index (χ1) is 21.7. The molecule has 7 rings (SSSR count). The van der Waals surface area contributed by atoms with Crippen molar-refractivity contribution < 1.29 is 18.6 Å². The van der Waals surface area contributed by atoms with Gasteiger partial charge in [0, 0.05) is 41.3 Å². The minimum absolute atomic E-state index is 0.712. The van der Waals surface area contributed by atoms with Crippen LogP contribution in [0.1, 0.15) is 0 Å². The fraction of sp³-hybridized carbons (Fsp3) is 0.0263. The third-order valence-electron chi connectivity index (χ3n) is 7.17. The Bertz CT molecular complexity index is 2060. The van der Waals surface area contributed by atoms with E-state index in [9.17, 15) is 0 Å². The van der Waals surface area contributed by atoms with E-state index in [4.69, 9.17) is 14.5 Å². The molecule has 6 aromatic rings. The van der Waals surface area contributed by atoms with Crippen LogP contribution in [-0.4, -0.2) is 32.2 Å². The molecule has 1 aliphatic heterocycles. The molecule has 1 aliphatic rings. The minimum atomic E-state index is 0.712. The highest BCUT2D eigenvalue weighted by Gasteiger charge is 2.19. The maximum absolute atomic E-state index is 6.35. The van der Waals surface area contributed by atoms with Crippen molar-refractivity contribution in [2.75, 3.05) is 7.05 Å². The number of hydrogen-bond donors (Lipinski definition) is 0. The summed E-state index contributed by atoms with van der Waals surface area (Å²) in [5, 5.41) is 0. The Morgan fingerprint density at radius 1 is 0.591 bits per heavy atom. The van der Waals surface area contributed by atoms with Crippen molar-refractivity contribution in [2.24, 2.45) is 0 Å². The molecule has 3 heterocycles. The second-order valence-electron chi connectivity index (χ2n) is 10.3. The number of nitrogens with zero attached hydrogens (tertiary/aromatic N) is 4. The van der Waals surface area contributed by atoms with Gasteiger partial charge in [0.05, 0.1) is 11.8 Å². The third-order valence-corrected chi connectivity index (χ3v) is 7.17. The Morgan fingerprint density at radius 2 is 1.27 bits per heavy atom. The Labute approximate surface area is 255 Å². The Kier molecular flexibility index (Phi) is 7.32. The first-order valence-corrected chi connectivity index (χ1v) is 14.3. The summed E-state index contributed by atoms with van der Waals surface area (Å²) in [6.07, 6.45) is 9.41. The summed E-state index contributed by atoms with van der Waals surface area (Å²) in [5.41, 5.74) is 6.71. The zero-order chi connectivity index (χ0) is 29.7. The van der Waals surface area contributed by atoms with Gasteiger partial charge in [0.1, 0.15) is 23.0 Å². The van der Waals surface area contributed by atoms with Gasteiger partial charge in [0.15, 0.2) is 7.05 Å². The summed E-state index contributed by atoms with van der Waals surface area (Å²) in [4.78, 5) is 9.31. The van der Waals surface area contributed by atoms with Gasteiger partial charge in [-0.05, 0) is 65.7 Å². The fourth-order valence-corrected chi connectivity index (χ4v) is 5.16. The largest absolute Gasteiger partial charge is 0.495 e. The standard InChI is InChI=1S/C38H28N4O2/c1-41-21-22-42(27-41)31-12-7-17-35(25-31)44-34-16-6-10-29(24-34)38-37(30-11-8-19-39-26-30)36(18-20-40-38)28-9-5-15-33(23-28)43-32-13-3-2-4-14-32/h2-26H,1H3/q+2. The summed E-state index contributed by atoms with van der Waals surface area (Å²) in [6.45, 7) is 0. The number of rotatable bonds is 8. The molecule has 0 unspecified atom stereocenters. The molecule has 6 nitrogen and oxygen atoms in total. The average Bonchev–Trinajstić information content (AvgIpc) is 3.52. The van der Waals surface area contributed by atoms with Gasteiger partial charge >= 0.3 is 6.01 Å². The lowest BCUT2D eigenvalue weighted by Gasteiger charge is -2.16. The van der Waals surface area contributed by atoms with Crippen LogP contribution in [0.15, 0.2) is 152 Å². The van der Waals surface area contributed by atoms with Crippen LogP contribution in [0.5, 0.6) is 23.0 Å². The van der Waals surface area contributed by atoms with Crippen molar-refractivity contribution in [3.05, 3.63) is 152 Å². The van der Waals surface area contributed by atoms with E-state index in [1.165, 1.54) is 0 Å². The second kappa shape index (κ2) is 12.0. The lowest BCUT2D eigenvalue weighted by molar-refractivity contribution is -0.429. The molecule has 0 amide bonds.